The molecule has 1 N–H and O–H groups in total. The van der Waals surface area contributed by atoms with E-state index in [4.69, 9.17) is 16.3 Å². The number of ether oxygens (including phenoxy) is 1. The summed E-state index contributed by atoms with van der Waals surface area (Å²) >= 11 is 6.10. The van der Waals surface area contributed by atoms with E-state index in [9.17, 15) is 17.6 Å². The Morgan fingerprint density at radius 2 is 1.63 bits per heavy atom. The smallest absolute Gasteiger partial charge is 0.242 e. The summed E-state index contributed by atoms with van der Waals surface area (Å²) in [5, 5.41) is 0.00978. The van der Waals surface area contributed by atoms with Gasteiger partial charge in [-0.15, -0.1) is 0 Å². The molecule has 5 nitrogen and oxygen atoms in total. The summed E-state index contributed by atoms with van der Waals surface area (Å²) in [6.45, 7) is 0.0982. The average Bonchev–Trinajstić information content (AvgIpc) is 2.75. The van der Waals surface area contributed by atoms with Gasteiger partial charge in [0.1, 0.15) is 16.5 Å². The van der Waals surface area contributed by atoms with E-state index in [-0.39, 0.29) is 33.6 Å². The van der Waals surface area contributed by atoms with Gasteiger partial charge in [0, 0.05) is 17.7 Å². The van der Waals surface area contributed by atoms with Gasteiger partial charge in [-0.3, -0.25) is 4.79 Å². The van der Waals surface area contributed by atoms with Crippen LogP contribution in [0, 0.1) is 5.82 Å². The number of ketones is 1. The minimum absolute atomic E-state index is 0.00978. The van der Waals surface area contributed by atoms with Gasteiger partial charge >= 0.3 is 0 Å². The lowest BCUT2D eigenvalue weighted by atomic mass is 10.0. The van der Waals surface area contributed by atoms with Crippen molar-refractivity contribution in [3.05, 3.63) is 94.3 Å². The molecule has 8 heteroatoms. The number of benzene rings is 3. The van der Waals surface area contributed by atoms with Crippen molar-refractivity contribution >= 4 is 27.4 Å². The number of hydrogen-bond acceptors (Lipinski definition) is 4. The van der Waals surface area contributed by atoms with Crippen LogP contribution in [0.25, 0.3) is 0 Å². The summed E-state index contributed by atoms with van der Waals surface area (Å²) in [5.41, 5.74) is 1.38. The minimum atomic E-state index is -3.95. The first-order valence-electron chi connectivity index (χ1n) is 9.02. The molecule has 0 radical (unpaired) electrons. The highest BCUT2D eigenvalue weighted by Gasteiger charge is 2.20. The second kappa shape index (κ2) is 9.38. The maximum absolute atomic E-state index is 13.0. The van der Waals surface area contributed by atoms with Crippen molar-refractivity contribution in [2.24, 2.45) is 0 Å². The van der Waals surface area contributed by atoms with E-state index in [1.165, 1.54) is 37.4 Å². The van der Waals surface area contributed by atoms with Gasteiger partial charge in [-0.1, -0.05) is 23.7 Å². The number of rotatable bonds is 8. The number of carbonyl (C=O) groups is 1. The molecule has 0 aliphatic carbocycles. The largest absolute Gasteiger partial charge is 0.497 e. The number of halogens is 2. The standard InChI is InChI=1S/C22H19ClFNO4S/c1-29-19-9-4-16(5-10-19)22(26)17-6-11-20(23)21(14-17)30(27,28)25-13-12-15-2-7-18(24)8-3-15/h2-11,14,25H,12-13H2,1H3. The van der Waals surface area contributed by atoms with E-state index in [2.05, 4.69) is 4.72 Å². The van der Waals surface area contributed by atoms with Crippen LogP contribution in [0.1, 0.15) is 21.5 Å². The van der Waals surface area contributed by atoms with E-state index in [0.717, 1.165) is 5.56 Å². The molecule has 3 aromatic carbocycles. The van der Waals surface area contributed by atoms with Crippen LogP contribution in [-0.2, 0) is 16.4 Å². The SMILES string of the molecule is COc1ccc(C(=O)c2ccc(Cl)c(S(=O)(=O)NCCc3ccc(F)cc3)c2)cc1. The minimum Gasteiger partial charge on any atom is -0.497 e. The van der Waals surface area contributed by atoms with Crippen molar-refractivity contribution in [1.82, 2.24) is 4.72 Å². The van der Waals surface area contributed by atoms with E-state index in [1.807, 2.05) is 0 Å². The Labute approximate surface area is 179 Å². The van der Waals surface area contributed by atoms with Gasteiger partial charge < -0.3 is 4.74 Å². The fourth-order valence-corrected chi connectivity index (χ4v) is 4.37. The molecule has 0 aliphatic heterocycles. The maximum atomic E-state index is 13.0. The molecule has 0 atom stereocenters. The highest BCUT2D eigenvalue weighted by Crippen LogP contribution is 2.24. The van der Waals surface area contributed by atoms with Crippen LogP contribution >= 0.6 is 11.6 Å². The van der Waals surface area contributed by atoms with Crippen molar-refractivity contribution in [1.29, 1.82) is 0 Å². The molecule has 0 fully saturated rings. The molecule has 0 saturated heterocycles. The van der Waals surface area contributed by atoms with E-state index < -0.39 is 10.0 Å². The Morgan fingerprint density at radius 1 is 1.00 bits per heavy atom. The lowest BCUT2D eigenvalue weighted by Crippen LogP contribution is -2.26. The molecule has 3 aromatic rings. The van der Waals surface area contributed by atoms with Crippen LogP contribution in [-0.4, -0.2) is 27.9 Å². The highest BCUT2D eigenvalue weighted by molar-refractivity contribution is 7.89. The maximum Gasteiger partial charge on any atom is 0.242 e. The van der Waals surface area contributed by atoms with Gasteiger partial charge in [-0.05, 0) is 66.6 Å². The molecule has 156 valence electrons. The summed E-state index contributed by atoms with van der Waals surface area (Å²) in [5.74, 6) is -0.0854. The zero-order chi connectivity index (χ0) is 21.7. The van der Waals surface area contributed by atoms with Crippen molar-refractivity contribution in [3.63, 3.8) is 0 Å². The van der Waals surface area contributed by atoms with Crippen LogP contribution in [0.3, 0.4) is 0 Å². The zero-order valence-corrected chi connectivity index (χ0v) is 17.6. The third kappa shape index (κ3) is 5.24. The normalized spacial score (nSPS) is 11.3. The number of sulfonamides is 1. The van der Waals surface area contributed by atoms with Gasteiger partial charge in [0.2, 0.25) is 10.0 Å². The lowest BCUT2D eigenvalue weighted by Gasteiger charge is -2.10. The highest BCUT2D eigenvalue weighted by atomic mass is 35.5. The van der Waals surface area contributed by atoms with Gasteiger partial charge in [0.25, 0.3) is 0 Å². The van der Waals surface area contributed by atoms with Gasteiger partial charge in [0.05, 0.1) is 12.1 Å². The van der Waals surface area contributed by atoms with E-state index in [0.29, 0.717) is 17.7 Å². The first-order chi connectivity index (χ1) is 14.3. The monoisotopic (exact) mass is 447 g/mol. The Kier molecular flexibility index (Phi) is 6.87. The molecule has 0 bridgehead atoms. The summed E-state index contributed by atoms with van der Waals surface area (Å²) in [4.78, 5) is 12.6. The fourth-order valence-electron chi connectivity index (χ4n) is 2.82. The first kappa shape index (κ1) is 22.0. The molecule has 0 unspecified atom stereocenters. The van der Waals surface area contributed by atoms with Crippen molar-refractivity contribution in [2.45, 2.75) is 11.3 Å². The van der Waals surface area contributed by atoms with Crippen molar-refractivity contribution < 1.29 is 22.3 Å². The van der Waals surface area contributed by atoms with Crippen LogP contribution in [0.4, 0.5) is 4.39 Å². The molecule has 0 spiro atoms. The van der Waals surface area contributed by atoms with Crippen LogP contribution in [0.15, 0.2) is 71.6 Å². The Hall–Kier alpha value is -2.74. The number of hydrogen-bond donors (Lipinski definition) is 1. The number of methoxy groups -OCH3 is 1. The predicted octanol–water partition coefficient (Wildman–Crippen LogP) is 4.24. The van der Waals surface area contributed by atoms with Crippen molar-refractivity contribution in [2.75, 3.05) is 13.7 Å². The Morgan fingerprint density at radius 3 is 2.27 bits per heavy atom. The molecule has 0 saturated carbocycles. The van der Waals surface area contributed by atoms with E-state index >= 15 is 0 Å². The summed E-state index contributed by atoms with van der Waals surface area (Å²) in [6.07, 6.45) is 0.377. The Balaban J connectivity index is 1.77. The molecular formula is C22H19ClFNO4S. The third-order valence-corrected chi connectivity index (χ3v) is 6.40. The second-order valence-corrected chi connectivity index (χ2v) is 8.62. The fraction of sp³-hybridized carbons (Fsp3) is 0.136. The summed E-state index contributed by atoms with van der Waals surface area (Å²) < 4.78 is 45.9. The molecule has 30 heavy (non-hydrogen) atoms. The first-order valence-corrected chi connectivity index (χ1v) is 10.9. The number of nitrogens with one attached hydrogen (secondary N) is 1. The van der Waals surface area contributed by atoms with Gasteiger partial charge in [0.15, 0.2) is 5.78 Å². The predicted molar refractivity (Wildman–Crippen MR) is 113 cm³/mol. The van der Waals surface area contributed by atoms with Crippen LogP contribution in [0.2, 0.25) is 5.02 Å². The quantitative estimate of drug-likeness (QED) is 0.524. The molecule has 3 rings (SSSR count). The molecule has 0 aliphatic rings. The molecular weight excluding hydrogens is 429 g/mol. The third-order valence-electron chi connectivity index (χ3n) is 4.45. The molecule has 0 heterocycles. The summed E-state index contributed by atoms with van der Waals surface area (Å²) in [7, 11) is -2.42. The average molecular weight is 448 g/mol. The zero-order valence-electron chi connectivity index (χ0n) is 16.1. The molecule has 0 aromatic heterocycles. The van der Waals surface area contributed by atoms with Gasteiger partial charge in [-0.25, -0.2) is 17.5 Å². The van der Waals surface area contributed by atoms with Crippen LogP contribution in [0.5, 0.6) is 5.75 Å². The summed E-state index contributed by atoms with van der Waals surface area (Å²) in [6, 6.07) is 16.4. The topological polar surface area (TPSA) is 72.5 Å². The second-order valence-electron chi connectivity index (χ2n) is 6.48. The number of carbonyl (C=O) groups excluding carboxylic acids is 1. The molecule has 0 amide bonds. The van der Waals surface area contributed by atoms with Crippen LogP contribution < -0.4 is 9.46 Å². The van der Waals surface area contributed by atoms with E-state index in [1.54, 1.807) is 36.4 Å². The Bertz CT molecular complexity index is 1150. The van der Waals surface area contributed by atoms with Gasteiger partial charge in [-0.2, -0.15) is 0 Å². The lowest BCUT2D eigenvalue weighted by molar-refractivity contribution is 0.103. The van der Waals surface area contributed by atoms with Crippen molar-refractivity contribution in [3.8, 4) is 5.75 Å².